The minimum atomic E-state index is -3.37. The third-order valence-corrected chi connectivity index (χ3v) is 7.75. The first kappa shape index (κ1) is 15.9. The van der Waals surface area contributed by atoms with Crippen molar-refractivity contribution in [3.63, 3.8) is 0 Å². The van der Waals surface area contributed by atoms with E-state index in [9.17, 15) is 8.42 Å². The van der Waals surface area contributed by atoms with Crippen molar-refractivity contribution in [3.05, 3.63) is 15.7 Å². The van der Waals surface area contributed by atoms with Crippen LogP contribution in [0.5, 0.6) is 0 Å². The Labute approximate surface area is 131 Å². The Kier molecular flexibility index (Phi) is 3.99. The summed E-state index contributed by atoms with van der Waals surface area (Å²) in [6, 6.07) is 0. The Morgan fingerprint density at radius 2 is 1.80 bits per heavy atom. The summed E-state index contributed by atoms with van der Waals surface area (Å²) in [5, 5.41) is 0. The van der Waals surface area contributed by atoms with Gasteiger partial charge >= 0.3 is 0 Å². The quantitative estimate of drug-likeness (QED) is 0.797. The molecule has 2 aromatic heterocycles. The largest absolute Gasteiger partial charge is 0.231 e. The first-order valence-electron chi connectivity index (χ1n) is 6.17. The fraction of sp³-hybridized carbons (Fsp3) is 0.538. The van der Waals surface area contributed by atoms with Gasteiger partial charge in [-0.1, -0.05) is 20.8 Å². The molecule has 0 radical (unpaired) electrons. The van der Waals surface area contributed by atoms with E-state index in [4.69, 9.17) is 0 Å². The van der Waals surface area contributed by atoms with Crippen LogP contribution in [0.3, 0.4) is 0 Å². The molecule has 0 amide bonds. The Balaban J connectivity index is 2.61. The zero-order valence-corrected chi connectivity index (χ0v) is 15.3. The molecule has 0 aromatic carbocycles. The van der Waals surface area contributed by atoms with Gasteiger partial charge < -0.3 is 0 Å². The maximum atomic E-state index is 12.4. The summed E-state index contributed by atoms with van der Waals surface area (Å²) in [5.74, 6) is 0.0824. The van der Waals surface area contributed by atoms with Crippen LogP contribution in [0.4, 0.5) is 0 Å². The van der Waals surface area contributed by atoms with Crippen molar-refractivity contribution >= 4 is 47.5 Å². The number of fused-ring (bicyclic) bond motifs is 1. The van der Waals surface area contributed by atoms with Crippen molar-refractivity contribution < 1.29 is 8.42 Å². The second kappa shape index (κ2) is 5.03. The highest BCUT2D eigenvalue weighted by Crippen LogP contribution is 2.34. The first-order chi connectivity index (χ1) is 9.01. The van der Waals surface area contributed by atoms with Gasteiger partial charge in [0.15, 0.2) is 5.65 Å². The lowest BCUT2D eigenvalue weighted by Gasteiger charge is -2.16. The lowest BCUT2D eigenvalue weighted by atomic mass is 10.0. The van der Waals surface area contributed by atoms with Crippen molar-refractivity contribution in [3.8, 4) is 0 Å². The number of halogens is 1. The van der Waals surface area contributed by atoms with Crippen LogP contribution in [0, 0.1) is 19.3 Å². The predicted molar refractivity (Wildman–Crippen MR) is 86.1 cm³/mol. The summed E-state index contributed by atoms with van der Waals surface area (Å²) in [5.41, 5.74) is 2.03. The maximum Gasteiger partial charge on any atom is 0.211 e. The molecule has 2 rings (SSSR count). The van der Waals surface area contributed by atoms with E-state index in [1.807, 2.05) is 34.6 Å². The van der Waals surface area contributed by atoms with Gasteiger partial charge in [-0.05, 0) is 40.8 Å². The predicted octanol–water partition coefficient (Wildman–Crippen LogP) is 3.89. The number of aryl methyl sites for hydroxylation is 2. The van der Waals surface area contributed by atoms with E-state index < -0.39 is 9.84 Å². The summed E-state index contributed by atoms with van der Waals surface area (Å²) < 4.78 is 26.7. The molecular formula is C13H17BrN2O2S2. The van der Waals surface area contributed by atoms with Gasteiger partial charge in [-0.3, -0.25) is 0 Å². The van der Waals surface area contributed by atoms with E-state index >= 15 is 0 Å². The number of thiazole rings is 1. The molecule has 0 aliphatic heterocycles. The third kappa shape index (κ3) is 3.04. The number of rotatable bonds is 2. The van der Waals surface area contributed by atoms with Crippen LogP contribution >= 0.6 is 27.3 Å². The minimum absolute atomic E-state index is 0.0824. The summed E-state index contributed by atoms with van der Waals surface area (Å²) in [6.45, 7) is 9.53. The van der Waals surface area contributed by atoms with Gasteiger partial charge in [-0.25, -0.2) is 18.4 Å². The van der Waals surface area contributed by atoms with Crippen molar-refractivity contribution in [2.75, 3.05) is 5.75 Å². The summed E-state index contributed by atoms with van der Waals surface area (Å²) in [4.78, 5) is 8.58. The highest BCUT2D eigenvalue weighted by molar-refractivity contribution is 9.10. The van der Waals surface area contributed by atoms with E-state index in [0.29, 0.717) is 5.65 Å². The van der Waals surface area contributed by atoms with Gasteiger partial charge in [0.05, 0.1) is 16.1 Å². The topological polar surface area (TPSA) is 59.9 Å². The van der Waals surface area contributed by atoms with Gasteiger partial charge in [-0.2, -0.15) is 0 Å². The molecule has 0 saturated heterocycles. The van der Waals surface area contributed by atoms with Crippen molar-refractivity contribution in [2.45, 2.75) is 39.0 Å². The number of sulfone groups is 1. The van der Waals surface area contributed by atoms with E-state index in [-0.39, 0.29) is 15.5 Å². The van der Waals surface area contributed by atoms with E-state index in [2.05, 4.69) is 25.9 Å². The maximum absolute atomic E-state index is 12.4. The fourth-order valence-electron chi connectivity index (χ4n) is 1.96. The van der Waals surface area contributed by atoms with Gasteiger partial charge in [0.2, 0.25) is 14.2 Å². The molecule has 2 heterocycles. The number of hydrogen-bond donors (Lipinski definition) is 0. The molecule has 20 heavy (non-hydrogen) atoms. The second-order valence-electron chi connectivity index (χ2n) is 6.09. The molecule has 0 bridgehead atoms. The summed E-state index contributed by atoms with van der Waals surface area (Å²) in [6.07, 6.45) is 0. The smallest absolute Gasteiger partial charge is 0.211 e. The van der Waals surface area contributed by atoms with Crippen molar-refractivity contribution in [1.82, 2.24) is 9.97 Å². The standard InChI is InChI=1S/C13H17BrN2O2S2/c1-7-9(14)8(2)15-11-10(7)19-12(16-11)20(17,18)6-13(3,4)5/h6H2,1-5H3. The average molecular weight is 377 g/mol. The molecular weight excluding hydrogens is 360 g/mol. The Bertz CT molecular complexity index is 774. The molecule has 7 heteroatoms. The normalized spacial score (nSPS) is 13.1. The third-order valence-electron chi connectivity index (χ3n) is 2.74. The number of aromatic nitrogens is 2. The van der Waals surface area contributed by atoms with E-state index in [1.54, 1.807) is 0 Å². The fourth-order valence-corrected chi connectivity index (χ4v) is 5.54. The van der Waals surface area contributed by atoms with E-state index in [0.717, 1.165) is 20.4 Å². The van der Waals surface area contributed by atoms with Crippen LogP contribution in [-0.4, -0.2) is 24.1 Å². The van der Waals surface area contributed by atoms with Gasteiger partial charge in [0.25, 0.3) is 0 Å². The lowest BCUT2D eigenvalue weighted by Crippen LogP contribution is -2.20. The second-order valence-corrected chi connectivity index (χ2v) is 10.0. The molecule has 0 N–H and O–H groups in total. The first-order valence-corrected chi connectivity index (χ1v) is 9.43. The van der Waals surface area contributed by atoms with Crippen LogP contribution in [0.25, 0.3) is 10.3 Å². The molecule has 0 spiro atoms. The minimum Gasteiger partial charge on any atom is -0.231 e. The number of nitrogens with zero attached hydrogens (tertiary/aromatic N) is 2. The zero-order chi connectivity index (χ0) is 15.3. The van der Waals surface area contributed by atoms with Crippen molar-refractivity contribution in [1.29, 1.82) is 0 Å². The Hall–Kier alpha value is -0.530. The molecule has 0 aliphatic rings. The molecule has 0 fully saturated rings. The lowest BCUT2D eigenvalue weighted by molar-refractivity contribution is 0.461. The highest BCUT2D eigenvalue weighted by atomic mass is 79.9. The van der Waals surface area contributed by atoms with Crippen LogP contribution in [0.15, 0.2) is 8.81 Å². The molecule has 0 aliphatic carbocycles. The van der Waals surface area contributed by atoms with Crippen molar-refractivity contribution in [2.24, 2.45) is 5.41 Å². The van der Waals surface area contributed by atoms with Gasteiger partial charge in [-0.15, -0.1) is 11.3 Å². The Morgan fingerprint density at radius 3 is 2.35 bits per heavy atom. The van der Waals surface area contributed by atoms with Crippen LogP contribution in [0.1, 0.15) is 32.0 Å². The van der Waals surface area contributed by atoms with E-state index in [1.165, 1.54) is 11.3 Å². The molecule has 0 saturated carbocycles. The monoisotopic (exact) mass is 376 g/mol. The van der Waals surface area contributed by atoms with Crippen LogP contribution in [0.2, 0.25) is 0 Å². The molecule has 110 valence electrons. The Morgan fingerprint density at radius 1 is 1.20 bits per heavy atom. The zero-order valence-electron chi connectivity index (χ0n) is 12.1. The molecule has 4 nitrogen and oxygen atoms in total. The van der Waals surface area contributed by atoms with Crippen LogP contribution in [-0.2, 0) is 9.84 Å². The molecule has 0 unspecified atom stereocenters. The SMILES string of the molecule is Cc1nc2nc(S(=O)(=O)CC(C)(C)C)sc2c(C)c1Br. The summed E-state index contributed by atoms with van der Waals surface area (Å²) in [7, 11) is -3.37. The van der Waals surface area contributed by atoms with Crippen LogP contribution < -0.4 is 0 Å². The number of hydrogen-bond acceptors (Lipinski definition) is 5. The summed E-state index contributed by atoms with van der Waals surface area (Å²) >= 11 is 4.68. The number of pyridine rings is 1. The molecule has 0 atom stereocenters. The average Bonchev–Trinajstić information content (AvgIpc) is 2.67. The highest BCUT2D eigenvalue weighted by Gasteiger charge is 2.27. The molecule has 2 aromatic rings. The van der Waals surface area contributed by atoms with Gasteiger partial charge in [0, 0.05) is 4.47 Å². The van der Waals surface area contributed by atoms with Gasteiger partial charge in [0.1, 0.15) is 0 Å².